The largest absolute Gasteiger partial charge is 0.399 e. The minimum absolute atomic E-state index is 0.0638. The fraction of sp³-hybridized carbons (Fsp3) is 0.364. The van der Waals surface area contributed by atoms with Gasteiger partial charge < -0.3 is 21.1 Å². The van der Waals surface area contributed by atoms with Gasteiger partial charge >= 0.3 is 6.03 Å². The van der Waals surface area contributed by atoms with Crippen molar-refractivity contribution in [2.45, 2.75) is 13.0 Å². The van der Waals surface area contributed by atoms with Crippen molar-refractivity contribution in [1.29, 1.82) is 0 Å². The van der Waals surface area contributed by atoms with E-state index in [0.717, 1.165) is 0 Å². The first-order valence-electron chi connectivity index (χ1n) is 5.05. The average molecular weight is 223 g/mol. The second-order valence-electron chi connectivity index (χ2n) is 3.69. The maximum atomic E-state index is 11.7. The molecule has 1 aromatic carbocycles. The van der Waals surface area contributed by atoms with Crippen molar-refractivity contribution >= 4 is 17.4 Å². The highest BCUT2D eigenvalue weighted by Crippen LogP contribution is 2.11. The zero-order valence-electron chi connectivity index (χ0n) is 9.47. The predicted octanol–water partition coefficient (Wildman–Crippen LogP) is 1.11. The van der Waals surface area contributed by atoms with Crippen LogP contribution < -0.4 is 11.1 Å². The summed E-state index contributed by atoms with van der Waals surface area (Å²) in [6, 6.07) is 6.41. The van der Waals surface area contributed by atoms with Crippen LogP contribution >= 0.6 is 0 Å². The first kappa shape index (κ1) is 12.3. The molecular formula is C11H17N3O2. The van der Waals surface area contributed by atoms with Crippen molar-refractivity contribution in [2.24, 2.45) is 0 Å². The Kier molecular flexibility index (Phi) is 4.13. The van der Waals surface area contributed by atoms with E-state index in [1.165, 1.54) is 4.90 Å². The smallest absolute Gasteiger partial charge is 0.321 e. The van der Waals surface area contributed by atoms with Crippen LogP contribution in [0.3, 0.4) is 0 Å². The van der Waals surface area contributed by atoms with Crippen molar-refractivity contribution < 1.29 is 9.90 Å². The number of benzene rings is 1. The predicted molar refractivity (Wildman–Crippen MR) is 64.2 cm³/mol. The molecule has 0 bridgehead atoms. The van der Waals surface area contributed by atoms with E-state index in [9.17, 15) is 4.79 Å². The van der Waals surface area contributed by atoms with Gasteiger partial charge in [-0.15, -0.1) is 0 Å². The highest BCUT2D eigenvalue weighted by atomic mass is 16.3. The Morgan fingerprint density at radius 3 is 2.56 bits per heavy atom. The fourth-order valence-electron chi connectivity index (χ4n) is 1.10. The monoisotopic (exact) mass is 223 g/mol. The van der Waals surface area contributed by atoms with Gasteiger partial charge in [0, 0.05) is 18.4 Å². The molecule has 0 spiro atoms. The van der Waals surface area contributed by atoms with Crippen molar-refractivity contribution in [3.8, 4) is 0 Å². The van der Waals surface area contributed by atoms with Crippen molar-refractivity contribution in [2.75, 3.05) is 24.7 Å². The van der Waals surface area contributed by atoms with Crippen LogP contribution in [0.5, 0.6) is 0 Å². The lowest BCUT2D eigenvalue weighted by Gasteiger charge is -2.23. The molecule has 0 aliphatic carbocycles. The highest BCUT2D eigenvalue weighted by Gasteiger charge is 2.14. The second kappa shape index (κ2) is 5.37. The highest BCUT2D eigenvalue weighted by molar-refractivity contribution is 5.89. The van der Waals surface area contributed by atoms with Gasteiger partial charge in [0.15, 0.2) is 0 Å². The molecule has 5 nitrogen and oxygen atoms in total. The van der Waals surface area contributed by atoms with E-state index < -0.39 is 0 Å². The molecule has 2 amide bonds. The molecular weight excluding hydrogens is 206 g/mol. The van der Waals surface area contributed by atoms with Crippen molar-refractivity contribution in [3.63, 3.8) is 0 Å². The molecule has 1 atom stereocenters. The van der Waals surface area contributed by atoms with E-state index >= 15 is 0 Å². The molecule has 1 rings (SSSR count). The standard InChI is InChI=1S/C11H17N3O2/c1-8(7-15)14(2)11(16)13-10-5-3-9(12)4-6-10/h3-6,8,15H,7,12H2,1-2H3,(H,13,16). The molecule has 0 fully saturated rings. The van der Waals surface area contributed by atoms with Gasteiger partial charge in [-0.1, -0.05) is 0 Å². The van der Waals surface area contributed by atoms with Crippen LogP contribution in [0.15, 0.2) is 24.3 Å². The first-order valence-corrected chi connectivity index (χ1v) is 5.05. The Hall–Kier alpha value is -1.75. The molecule has 0 aromatic heterocycles. The summed E-state index contributed by atoms with van der Waals surface area (Å²) in [6.07, 6.45) is 0. The number of aliphatic hydroxyl groups is 1. The SMILES string of the molecule is CC(CO)N(C)C(=O)Nc1ccc(N)cc1. The Morgan fingerprint density at radius 1 is 1.50 bits per heavy atom. The molecule has 1 aromatic rings. The maximum Gasteiger partial charge on any atom is 0.321 e. The summed E-state index contributed by atoms with van der Waals surface area (Å²) in [7, 11) is 1.63. The van der Waals surface area contributed by atoms with E-state index in [-0.39, 0.29) is 18.7 Å². The number of anilines is 2. The summed E-state index contributed by atoms with van der Waals surface area (Å²) in [5, 5.41) is 11.6. The molecule has 0 aliphatic rings. The molecule has 5 heteroatoms. The third kappa shape index (κ3) is 3.13. The third-order valence-corrected chi connectivity index (χ3v) is 2.41. The van der Waals surface area contributed by atoms with Gasteiger partial charge in [-0.2, -0.15) is 0 Å². The maximum absolute atomic E-state index is 11.7. The molecule has 0 saturated heterocycles. The summed E-state index contributed by atoms with van der Waals surface area (Å²) in [4.78, 5) is 13.1. The van der Waals surface area contributed by atoms with E-state index in [0.29, 0.717) is 11.4 Å². The number of nitrogens with two attached hydrogens (primary N) is 1. The first-order chi connectivity index (χ1) is 7.54. The fourth-order valence-corrected chi connectivity index (χ4v) is 1.10. The molecule has 0 saturated carbocycles. The van der Waals surface area contributed by atoms with Crippen LogP contribution in [0.4, 0.5) is 16.2 Å². The summed E-state index contributed by atoms with van der Waals surface area (Å²) in [5.41, 5.74) is 6.86. The number of hydrogen-bond donors (Lipinski definition) is 3. The van der Waals surface area contributed by atoms with Crippen LogP contribution in [0.2, 0.25) is 0 Å². The van der Waals surface area contributed by atoms with E-state index in [1.807, 2.05) is 0 Å². The number of carbonyl (C=O) groups is 1. The summed E-state index contributed by atoms with van der Waals surface area (Å²) >= 11 is 0. The van der Waals surface area contributed by atoms with Crippen LogP contribution in [-0.2, 0) is 0 Å². The van der Waals surface area contributed by atoms with Gasteiger partial charge in [0.2, 0.25) is 0 Å². The van der Waals surface area contributed by atoms with Gasteiger partial charge in [-0.3, -0.25) is 0 Å². The number of nitrogens with one attached hydrogen (secondary N) is 1. The molecule has 0 radical (unpaired) electrons. The lowest BCUT2D eigenvalue weighted by molar-refractivity contribution is 0.166. The molecule has 88 valence electrons. The van der Waals surface area contributed by atoms with E-state index in [2.05, 4.69) is 5.32 Å². The Morgan fingerprint density at radius 2 is 2.06 bits per heavy atom. The number of hydrogen-bond acceptors (Lipinski definition) is 3. The van der Waals surface area contributed by atoms with Gasteiger partial charge in [0.05, 0.1) is 12.6 Å². The number of nitrogens with zero attached hydrogens (tertiary/aromatic N) is 1. The van der Waals surface area contributed by atoms with Gasteiger partial charge in [-0.05, 0) is 31.2 Å². The zero-order chi connectivity index (χ0) is 12.1. The third-order valence-electron chi connectivity index (χ3n) is 2.41. The van der Waals surface area contributed by atoms with Gasteiger partial charge in [-0.25, -0.2) is 4.79 Å². The topological polar surface area (TPSA) is 78.6 Å². The summed E-state index contributed by atoms with van der Waals surface area (Å²) in [6.45, 7) is 1.70. The van der Waals surface area contributed by atoms with Crippen LogP contribution in [0.1, 0.15) is 6.92 Å². The zero-order valence-corrected chi connectivity index (χ0v) is 9.47. The number of urea groups is 1. The normalized spacial score (nSPS) is 11.9. The Labute approximate surface area is 94.9 Å². The van der Waals surface area contributed by atoms with Crippen LogP contribution in [-0.4, -0.2) is 35.7 Å². The van der Waals surface area contributed by atoms with Gasteiger partial charge in [0.25, 0.3) is 0 Å². The van der Waals surface area contributed by atoms with Crippen LogP contribution in [0.25, 0.3) is 0 Å². The molecule has 4 N–H and O–H groups in total. The Balaban J connectivity index is 2.60. The molecule has 0 heterocycles. The quantitative estimate of drug-likeness (QED) is 0.672. The second-order valence-corrected chi connectivity index (χ2v) is 3.69. The Bertz CT molecular complexity index is 351. The summed E-state index contributed by atoms with van der Waals surface area (Å²) < 4.78 is 0. The van der Waals surface area contributed by atoms with Crippen LogP contribution in [0, 0.1) is 0 Å². The number of rotatable bonds is 3. The number of carbonyl (C=O) groups excluding carboxylic acids is 1. The number of aliphatic hydroxyl groups excluding tert-OH is 1. The lowest BCUT2D eigenvalue weighted by atomic mass is 10.3. The molecule has 0 aliphatic heterocycles. The van der Waals surface area contributed by atoms with Crippen molar-refractivity contribution in [3.05, 3.63) is 24.3 Å². The van der Waals surface area contributed by atoms with E-state index in [4.69, 9.17) is 10.8 Å². The van der Waals surface area contributed by atoms with Crippen molar-refractivity contribution in [1.82, 2.24) is 4.90 Å². The average Bonchev–Trinajstić information content (AvgIpc) is 2.30. The minimum atomic E-state index is -0.258. The number of amides is 2. The molecule has 16 heavy (non-hydrogen) atoms. The van der Waals surface area contributed by atoms with E-state index in [1.54, 1.807) is 38.2 Å². The molecule has 1 unspecified atom stereocenters. The van der Waals surface area contributed by atoms with Gasteiger partial charge in [0.1, 0.15) is 0 Å². The minimum Gasteiger partial charge on any atom is -0.399 e. The lowest BCUT2D eigenvalue weighted by Crippen LogP contribution is -2.40. The number of likely N-dealkylation sites (N-methyl/N-ethyl adjacent to an activating group) is 1. The summed E-state index contributed by atoms with van der Waals surface area (Å²) in [5.74, 6) is 0. The number of nitrogen functional groups attached to an aromatic ring is 1.